The largest absolute Gasteiger partial charge is 0.394 e. The van der Waals surface area contributed by atoms with Gasteiger partial charge in [0.05, 0.1) is 12.6 Å². The molecule has 0 saturated carbocycles. The highest BCUT2D eigenvalue weighted by Gasteiger charge is 2.13. The van der Waals surface area contributed by atoms with Crippen LogP contribution in [0.1, 0.15) is 0 Å². The number of aliphatic hydroxyl groups is 2. The van der Waals surface area contributed by atoms with Crippen LogP contribution in [0.3, 0.4) is 0 Å². The molecular formula is C7H11NO2. The van der Waals surface area contributed by atoms with E-state index in [0.717, 1.165) is 0 Å². The Morgan fingerprint density at radius 2 is 2.30 bits per heavy atom. The van der Waals surface area contributed by atoms with Crippen molar-refractivity contribution in [2.75, 3.05) is 6.61 Å². The molecule has 10 heavy (non-hydrogen) atoms. The van der Waals surface area contributed by atoms with Gasteiger partial charge in [0.1, 0.15) is 6.10 Å². The first kappa shape index (κ1) is 7.31. The number of rotatable bonds is 2. The van der Waals surface area contributed by atoms with Gasteiger partial charge in [-0.25, -0.2) is 0 Å². The molecule has 0 radical (unpaired) electrons. The van der Waals surface area contributed by atoms with Crippen molar-refractivity contribution >= 4 is 0 Å². The molecule has 0 aromatic carbocycles. The van der Waals surface area contributed by atoms with Crippen LogP contribution in [0, 0.1) is 0 Å². The summed E-state index contributed by atoms with van der Waals surface area (Å²) in [5.41, 5.74) is 0. The standard InChI is InChI=1S/C7H11NO2/c9-5-7(10)6-3-1-2-4-8-6/h1-4,6-10H,5H2. The monoisotopic (exact) mass is 141 g/mol. The van der Waals surface area contributed by atoms with Gasteiger partial charge in [0, 0.05) is 0 Å². The van der Waals surface area contributed by atoms with Crippen LogP contribution in [0.5, 0.6) is 0 Å². The first-order valence-corrected chi connectivity index (χ1v) is 3.23. The van der Waals surface area contributed by atoms with Gasteiger partial charge in [0.15, 0.2) is 0 Å². The average Bonchev–Trinajstić information content (AvgIpc) is 2.05. The molecule has 56 valence electrons. The molecule has 2 atom stereocenters. The Balaban J connectivity index is 2.42. The summed E-state index contributed by atoms with van der Waals surface area (Å²) in [7, 11) is 0. The smallest absolute Gasteiger partial charge is 0.101 e. The van der Waals surface area contributed by atoms with E-state index in [2.05, 4.69) is 5.32 Å². The Bertz CT molecular complexity index is 154. The molecule has 0 amide bonds. The molecule has 0 saturated heterocycles. The molecule has 0 bridgehead atoms. The molecule has 1 heterocycles. The van der Waals surface area contributed by atoms with Gasteiger partial charge in [-0.3, -0.25) is 0 Å². The zero-order chi connectivity index (χ0) is 7.40. The number of hydrogen-bond donors (Lipinski definition) is 3. The number of allylic oxidation sites excluding steroid dienone is 2. The average molecular weight is 141 g/mol. The van der Waals surface area contributed by atoms with Crippen LogP contribution in [0.25, 0.3) is 0 Å². The van der Waals surface area contributed by atoms with Crippen molar-refractivity contribution in [2.24, 2.45) is 0 Å². The molecule has 3 nitrogen and oxygen atoms in total. The number of nitrogens with one attached hydrogen (secondary N) is 1. The summed E-state index contributed by atoms with van der Waals surface area (Å²) in [4.78, 5) is 0. The first-order valence-electron chi connectivity index (χ1n) is 3.23. The van der Waals surface area contributed by atoms with Crippen LogP contribution in [0.2, 0.25) is 0 Å². The summed E-state index contributed by atoms with van der Waals surface area (Å²) >= 11 is 0. The van der Waals surface area contributed by atoms with E-state index in [4.69, 9.17) is 10.2 Å². The minimum atomic E-state index is -0.707. The second-order valence-corrected chi connectivity index (χ2v) is 2.19. The van der Waals surface area contributed by atoms with Crippen LogP contribution in [0.4, 0.5) is 0 Å². The molecule has 0 aliphatic carbocycles. The van der Waals surface area contributed by atoms with E-state index in [1.807, 2.05) is 12.2 Å². The van der Waals surface area contributed by atoms with Crippen molar-refractivity contribution in [3.63, 3.8) is 0 Å². The van der Waals surface area contributed by atoms with Crippen LogP contribution in [-0.4, -0.2) is 29.0 Å². The van der Waals surface area contributed by atoms with Gasteiger partial charge in [-0.05, 0) is 12.3 Å². The highest BCUT2D eigenvalue weighted by molar-refractivity contribution is 5.13. The molecule has 0 fully saturated rings. The Morgan fingerprint density at radius 1 is 1.50 bits per heavy atom. The quantitative estimate of drug-likeness (QED) is 0.480. The van der Waals surface area contributed by atoms with Crippen LogP contribution in [0.15, 0.2) is 24.4 Å². The van der Waals surface area contributed by atoms with Gasteiger partial charge in [0.2, 0.25) is 0 Å². The van der Waals surface area contributed by atoms with E-state index >= 15 is 0 Å². The molecule has 0 aromatic rings. The van der Waals surface area contributed by atoms with Gasteiger partial charge in [0.25, 0.3) is 0 Å². The fourth-order valence-electron chi connectivity index (χ4n) is 0.815. The SMILES string of the molecule is OCC(O)C1C=CC=CN1. The molecule has 1 aliphatic rings. The molecule has 3 heteroatoms. The Morgan fingerprint density at radius 3 is 2.80 bits per heavy atom. The lowest BCUT2D eigenvalue weighted by molar-refractivity contribution is 0.0790. The van der Waals surface area contributed by atoms with Crippen molar-refractivity contribution in [1.29, 1.82) is 0 Å². The van der Waals surface area contributed by atoms with Crippen molar-refractivity contribution in [3.8, 4) is 0 Å². The molecule has 0 aromatic heterocycles. The van der Waals surface area contributed by atoms with E-state index in [1.54, 1.807) is 12.3 Å². The maximum atomic E-state index is 9.09. The number of dihydropyridines is 1. The lowest BCUT2D eigenvalue weighted by atomic mass is 10.1. The predicted molar refractivity (Wildman–Crippen MR) is 38.3 cm³/mol. The third-order valence-electron chi connectivity index (χ3n) is 1.42. The first-order chi connectivity index (χ1) is 4.84. The summed E-state index contributed by atoms with van der Waals surface area (Å²) < 4.78 is 0. The van der Waals surface area contributed by atoms with Gasteiger partial charge in [-0.1, -0.05) is 12.2 Å². The summed E-state index contributed by atoms with van der Waals surface area (Å²) in [6.07, 6.45) is 6.51. The van der Waals surface area contributed by atoms with E-state index in [9.17, 15) is 0 Å². The van der Waals surface area contributed by atoms with Crippen LogP contribution in [-0.2, 0) is 0 Å². The molecule has 1 aliphatic heterocycles. The molecule has 2 unspecified atom stereocenters. The maximum absolute atomic E-state index is 9.09. The van der Waals surface area contributed by atoms with Crippen molar-refractivity contribution < 1.29 is 10.2 Å². The molecule has 1 rings (SSSR count). The predicted octanol–water partition coefficient (Wildman–Crippen LogP) is -0.619. The molecule has 0 spiro atoms. The third-order valence-corrected chi connectivity index (χ3v) is 1.42. The molecule has 3 N–H and O–H groups in total. The highest BCUT2D eigenvalue weighted by Crippen LogP contribution is 1.99. The summed E-state index contributed by atoms with van der Waals surface area (Å²) in [6.45, 7) is -0.212. The summed E-state index contributed by atoms with van der Waals surface area (Å²) in [5, 5.41) is 20.5. The van der Waals surface area contributed by atoms with Gasteiger partial charge < -0.3 is 15.5 Å². The lowest BCUT2D eigenvalue weighted by Crippen LogP contribution is -2.38. The van der Waals surface area contributed by atoms with Crippen molar-refractivity contribution in [3.05, 3.63) is 24.4 Å². The maximum Gasteiger partial charge on any atom is 0.101 e. The van der Waals surface area contributed by atoms with Crippen LogP contribution < -0.4 is 5.32 Å². The minimum absolute atomic E-state index is 0.144. The van der Waals surface area contributed by atoms with Gasteiger partial charge in [-0.2, -0.15) is 0 Å². The van der Waals surface area contributed by atoms with E-state index < -0.39 is 6.10 Å². The lowest BCUT2D eigenvalue weighted by Gasteiger charge is -2.19. The van der Waals surface area contributed by atoms with Gasteiger partial charge in [-0.15, -0.1) is 0 Å². The summed E-state index contributed by atoms with van der Waals surface area (Å²) in [6, 6.07) is -0.144. The molecular weight excluding hydrogens is 130 g/mol. The normalized spacial score (nSPS) is 26.0. The highest BCUT2D eigenvalue weighted by atomic mass is 16.3. The van der Waals surface area contributed by atoms with Crippen molar-refractivity contribution in [2.45, 2.75) is 12.1 Å². The summed E-state index contributed by atoms with van der Waals surface area (Å²) in [5.74, 6) is 0. The topological polar surface area (TPSA) is 52.5 Å². The third kappa shape index (κ3) is 1.59. The van der Waals surface area contributed by atoms with E-state index in [1.165, 1.54) is 0 Å². The minimum Gasteiger partial charge on any atom is -0.394 e. The van der Waals surface area contributed by atoms with Gasteiger partial charge >= 0.3 is 0 Å². The fourth-order valence-corrected chi connectivity index (χ4v) is 0.815. The Labute approximate surface area is 59.7 Å². The number of hydrogen-bond acceptors (Lipinski definition) is 3. The van der Waals surface area contributed by atoms with Crippen LogP contribution >= 0.6 is 0 Å². The fraction of sp³-hybridized carbons (Fsp3) is 0.429. The second-order valence-electron chi connectivity index (χ2n) is 2.19. The second kappa shape index (κ2) is 3.39. The zero-order valence-corrected chi connectivity index (χ0v) is 5.57. The number of aliphatic hydroxyl groups excluding tert-OH is 2. The van der Waals surface area contributed by atoms with E-state index in [0.29, 0.717) is 0 Å². The van der Waals surface area contributed by atoms with Crippen molar-refractivity contribution in [1.82, 2.24) is 5.32 Å². The Hall–Kier alpha value is -0.800. The Kier molecular flexibility index (Phi) is 2.48. The zero-order valence-electron chi connectivity index (χ0n) is 5.57. The van der Waals surface area contributed by atoms with E-state index in [-0.39, 0.29) is 12.6 Å².